The molecule has 14 heteroatoms. The molecule has 7 N–H and O–H groups in total. The number of hydrogen-bond donors (Lipinski definition) is 6. The number of aromatic hydroxyl groups is 1. The van der Waals surface area contributed by atoms with E-state index < -0.39 is 42.4 Å². The van der Waals surface area contributed by atoms with Crippen LogP contribution in [0.25, 0.3) is 0 Å². The van der Waals surface area contributed by atoms with Gasteiger partial charge in [0.15, 0.2) is 0 Å². The Balaban J connectivity index is 0.0000130. The Hall–Kier alpha value is -3.81. The number of carbonyl (C=O) groups is 5. The van der Waals surface area contributed by atoms with E-state index in [4.69, 9.17) is 1.41 Å². The third-order valence-electron chi connectivity index (χ3n) is 7.81. The summed E-state index contributed by atoms with van der Waals surface area (Å²) in [7, 11) is 1.34. The van der Waals surface area contributed by atoms with E-state index >= 15 is 0 Å². The Kier molecular flexibility index (Phi) is 19.3. The Labute approximate surface area is 307 Å². The zero-order valence-corrected chi connectivity index (χ0v) is 31.3. The van der Waals surface area contributed by atoms with Gasteiger partial charge in [-0.15, -0.1) is 12.4 Å². The Bertz CT molecular complexity index is 1410. The molecule has 0 aliphatic carbocycles. The van der Waals surface area contributed by atoms with Crippen molar-refractivity contribution in [3.05, 3.63) is 65.2 Å². The van der Waals surface area contributed by atoms with Crippen molar-refractivity contribution >= 4 is 53.8 Å². The number of phenolic OH excluding ortho intramolecular Hbond substituents is 1. The van der Waals surface area contributed by atoms with Gasteiger partial charge in [-0.2, -0.15) is 11.8 Å². The molecule has 0 unspecified atom stereocenters. The number of halogens is 1. The molecule has 0 bridgehead atoms. The average Bonchev–Trinajstić information content (AvgIpc) is 3.09. The van der Waals surface area contributed by atoms with Crippen molar-refractivity contribution in [2.45, 2.75) is 89.3 Å². The average molecular weight is 737 g/mol. The van der Waals surface area contributed by atoms with Gasteiger partial charge in [0, 0.05) is 19.4 Å². The first-order chi connectivity index (χ1) is 23.8. The molecule has 0 spiro atoms. The van der Waals surface area contributed by atoms with Crippen LogP contribution in [0.3, 0.4) is 0 Å². The first kappa shape index (κ1) is 42.4. The number of nitrogens with one attached hydrogen (secondary N) is 4. The number of rotatable bonds is 21. The van der Waals surface area contributed by atoms with Crippen LogP contribution < -0.4 is 27.0 Å². The number of nitrogens with two attached hydrogens (primary N) is 1. The lowest BCUT2D eigenvalue weighted by Crippen LogP contribution is -2.54. The minimum Gasteiger partial charge on any atom is -0.508 e. The van der Waals surface area contributed by atoms with Crippen LogP contribution in [-0.4, -0.2) is 85.0 Å². The smallest absolute Gasteiger partial charge is 0.305 e. The lowest BCUT2D eigenvalue weighted by Gasteiger charge is -2.23. The highest BCUT2D eigenvalue weighted by Crippen LogP contribution is 2.31. The number of esters is 1. The predicted molar refractivity (Wildman–Crippen MR) is 199 cm³/mol. The fraction of sp³-hybridized carbons (Fsp3) is 0.528. The highest BCUT2D eigenvalue weighted by molar-refractivity contribution is 7.98. The molecule has 2 rings (SSSR count). The summed E-state index contributed by atoms with van der Waals surface area (Å²) in [5.74, 6) is -1.64. The number of amides is 4. The van der Waals surface area contributed by atoms with Crippen molar-refractivity contribution in [3.8, 4) is 5.75 Å². The molecule has 2 aromatic carbocycles. The molecule has 0 saturated carbocycles. The van der Waals surface area contributed by atoms with E-state index in [9.17, 15) is 29.1 Å². The van der Waals surface area contributed by atoms with Crippen LogP contribution in [0.5, 0.6) is 5.75 Å². The van der Waals surface area contributed by atoms with Crippen LogP contribution in [-0.2, 0) is 47.0 Å². The maximum Gasteiger partial charge on any atom is 0.305 e. The minimum atomic E-state index is -0.981. The third-order valence-corrected chi connectivity index (χ3v) is 8.45. The van der Waals surface area contributed by atoms with Crippen LogP contribution in [0.15, 0.2) is 48.5 Å². The molecule has 0 fully saturated rings. The number of ether oxygens (including phenoxy) is 1. The first-order valence-corrected chi connectivity index (χ1v) is 17.9. The van der Waals surface area contributed by atoms with Crippen LogP contribution in [0.4, 0.5) is 0 Å². The summed E-state index contributed by atoms with van der Waals surface area (Å²) < 4.78 is 12.4. The number of unbranched alkanes of at least 4 members (excludes halogenated alkanes) is 2. The second-order valence-electron chi connectivity index (χ2n) is 12.9. The number of thioether (sulfide) groups is 1. The molecular formula is C36H54ClN5O7S. The molecule has 4 amide bonds. The largest absolute Gasteiger partial charge is 0.508 e. The normalized spacial score (nSPS) is 13.0. The molecule has 3 atom stereocenters. The molecule has 12 nitrogen and oxygen atoms in total. The second-order valence-corrected chi connectivity index (χ2v) is 13.9. The number of phenols is 1. The molecule has 50 heavy (non-hydrogen) atoms. The van der Waals surface area contributed by atoms with Gasteiger partial charge in [-0.05, 0) is 65.9 Å². The van der Waals surface area contributed by atoms with Gasteiger partial charge >= 0.3 is 5.97 Å². The summed E-state index contributed by atoms with van der Waals surface area (Å²) in [6.45, 7) is 5.84. The van der Waals surface area contributed by atoms with Crippen molar-refractivity contribution in [3.63, 3.8) is 0 Å². The Morgan fingerprint density at radius 1 is 0.900 bits per heavy atom. The van der Waals surface area contributed by atoms with E-state index in [0.717, 1.165) is 17.5 Å². The predicted octanol–water partition coefficient (Wildman–Crippen LogP) is 2.91. The van der Waals surface area contributed by atoms with E-state index in [1.165, 1.54) is 18.9 Å². The SMILES string of the molecule is Cl.[2H]N[C@@H](Cc1ccc(O)c(C(C)(C)C)c1)C(=O)N[C@@H](CCSC)C(=O)NCC(=O)N[C@@H](Cc1ccccc1)C(=O)NCCCCCC(=O)OC. The van der Waals surface area contributed by atoms with Gasteiger partial charge in [0.2, 0.25) is 23.6 Å². The summed E-state index contributed by atoms with van der Waals surface area (Å²) in [4.78, 5) is 63.9. The lowest BCUT2D eigenvalue weighted by molar-refractivity contribution is -0.140. The van der Waals surface area contributed by atoms with Gasteiger partial charge < -0.3 is 36.8 Å². The summed E-state index contributed by atoms with van der Waals surface area (Å²) in [5, 5.41) is 21.2. The van der Waals surface area contributed by atoms with Crippen molar-refractivity contribution < 1.29 is 35.2 Å². The van der Waals surface area contributed by atoms with Gasteiger partial charge in [-0.25, -0.2) is 0 Å². The number of hydrogen-bond acceptors (Lipinski definition) is 9. The monoisotopic (exact) mass is 736 g/mol. The van der Waals surface area contributed by atoms with Crippen LogP contribution in [0.2, 0.25) is 1.41 Å². The van der Waals surface area contributed by atoms with Gasteiger partial charge in [0.1, 0.15) is 19.2 Å². The molecule has 2 aromatic rings. The minimum absolute atomic E-state index is 0. The van der Waals surface area contributed by atoms with Gasteiger partial charge in [0.05, 0.1) is 19.7 Å². The molecule has 0 saturated heterocycles. The zero-order valence-electron chi connectivity index (χ0n) is 30.6. The first-order valence-electron chi connectivity index (χ1n) is 17.0. The molecule has 0 heterocycles. The topological polar surface area (TPSA) is 189 Å². The summed E-state index contributed by atoms with van der Waals surface area (Å²) in [5.41, 5.74) is 4.23. The third kappa shape index (κ3) is 16.3. The standard InChI is InChI=1S/C36H53N5O7S.ClH/c1-36(2,3)26-20-25(15-16-30(26)42)21-27(37)33(45)41-28(17-19-49-5)34(46)39-23-31(43)40-29(22-24-12-8-6-9-13-24)35(47)38-18-11-7-10-14-32(44)48-4;/h6,8-9,12-13,15-16,20,27-29,42H,7,10-11,14,17-19,21-23,37H2,1-5H3,(H,38,47)(H,39,46)(H,40,43)(H,41,45);1H/t27-,28-,29-;/m0./s1/i/hD. The van der Waals surface area contributed by atoms with E-state index in [1.807, 2.05) is 63.4 Å². The highest BCUT2D eigenvalue weighted by atomic mass is 35.5. The maximum atomic E-state index is 13.3. The number of benzene rings is 2. The summed E-state index contributed by atoms with van der Waals surface area (Å²) in [6.07, 6.45) is 4.87. The van der Waals surface area contributed by atoms with E-state index in [0.29, 0.717) is 37.1 Å². The van der Waals surface area contributed by atoms with Gasteiger partial charge in [-0.3, -0.25) is 24.0 Å². The van der Waals surface area contributed by atoms with E-state index in [1.54, 1.807) is 12.1 Å². The van der Waals surface area contributed by atoms with Crippen molar-refractivity contribution in [1.29, 1.82) is 0 Å². The fourth-order valence-electron chi connectivity index (χ4n) is 5.02. The van der Waals surface area contributed by atoms with Crippen molar-refractivity contribution in [2.24, 2.45) is 5.73 Å². The summed E-state index contributed by atoms with van der Waals surface area (Å²) >= 11 is 1.49. The lowest BCUT2D eigenvalue weighted by atomic mass is 9.85. The van der Waals surface area contributed by atoms with Gasteiger partial charge in [0.25, 0.3) is 0 Å². The highest BCUT2D eigenvalue weighted by Gasteiger charge is 2.26. The maximum absolute atomic E-state index is 13.3. The molecule has 0 radical (unpaired) electrons. The van der Waals surface area contributed by atoms with Crippen LogP contribution in [0, 0.1) is 0 Å². The molecular weight excluding hydrogens is 682 g/mol. The van der Waals surface area contributed by atoms with Crippen molar-refractivity contribution in [1.82, 2.24) is 21.3 Å². The molecule has 278 valence electrons. The molecule has 0 aromatic heterocycles. The molecule has 0 aliphatic rings. The van der Waals surface area contributed by atoms with Crippen LogP contribution in [0.1, 0.15) is 69.6 Å². The van der Waals surface area contributed by atoms with E-state index in [-0.39, 0.29) is 54.7 Å². The fourth-order valence-corrected chi connectivity index (χ4v) is 5.49. The van der Waals surface area contributed by atoms with Gasteiger partial charge in [-0.1, -0.05) is 69.7 Å². The molecule has 0 aliphatic heterocycles. The van der Waals surface area contributed by atoms with Crippen molar-refractivity contribution in [2.75, 3.05) is 32.2 Å². The quantitative estimate of drug-likeness (QED) is 0.0827. The number of carbonyl (C=O) groups excluding carboxylic acids is 5. The Morgan fingerprint density at radius 3 is 2.24 bits per heavy atom. The second kappa shape index (κ2) is 22.8. The van der Waals surface area contributed by atoms with E-state index in [2.05, 4.69) is 31.7 Å². The Morgan fingerprint density at radius 2 is 1.60 bits per heavy atom. The van der Waals surface area contributed by atoms with Crippen LogP contribution >= 0.6 is 24.2 Å². The number of methoxy groups -OCH3 is 1. The zero-order chi connectivity index (χ0) is 37.1. The summed E-state index contributed by atoms with van der Waals surface area (Å²) in [6, 6.07) is 11.5.